The molecule has 1 aliphatic carbocycles. The third-order valence-electron chi connectivity index (χ3n) is 6.40. The van der Waals surface area contributed by atoms with Crippen molar-refractivity contribution in [2.75, 3.05) is 17.9 Å². The number of amides is 1. The van der Waals surface area contributed by atoms with Gasteiger partial charge in [-0.2, -0.15) is 5.10 Å². The van der Waals surface area contributed by atoms with E-state index in [1.165, 1.54) is 36.4 Å². The Bertz CT molecular complexity index is 1390. The molecule has 202 valence electrons. The molecule has 12 heteroatoms. The van der Waals surface area contributed by atoms with E-state index in [4.69, 9.17) is 20.7 Å². The van der Waals surface area contributed by atoms with Crippen LogP contribution in [0.25, 0.3) is 0 Å². The minimum Gasteiger partial charge on any atom is -0.493 e. The average molecular weight is 542 g/mol. The number of carboxylic acid groups (broad SMARTS) is 1. The molecule has 2 aliphatic rings. The Balaban J connectivity index is 1.69. The number of rotatable bonds is 9. The monoisotopic (exact) mass is 541 g/mol. The molecule has 5 N–H and O–H groups in total. The first-order chi connectivity index (χ1) is 18.1. The Morgan fingerprint density at radius 3 is 2.50 bits per heavy atom. The van der Waals surface area contributed by atoms with Gasteiger partial charge >= 0.3 is 5.97 Å². The minimum atomic E-state index is -4.03. The molecule has 0 saturated heterocycles. The molecule has 4 rings (SSSR count). The molecule has 0 aromatic heterocycles. The van der Waals surface area contributed by atoms with Crippen LogP contribution in [-0.2, 0) is 14.8 Å². The number of nitrogens with two attached hydrogens (primary N) is 1. The van der Waals surface area contributed by atoms with Crippen molar-refractivity contribution in [3.05, 3.63) is 65.0 Å². The maximum atomic E-state index is 13.1. The van der Waals surface area contributed by atoms with Gasteiger partial charge in [-0.15, -0.1) is 0 Å². The van der Waals surface area contributed by atoms with E-state index in [1.54, 1.807) is 18.0 Å². The Morgan fingerprint density at radius 2 is 1.89 bits per heavy atom. The zero-order valence-corrected chi connectivity index (χ0v) is 22.0. The lowest BCUT2D eigenvalue weighted by molar-refractivity contribution is -0.118. The van der Waals surface area contributed by atoms with Crippen molar-refractivity contribution in [1.82, 2.24) is 10.3 Å². The van der Waals surface area contributed by atoms with Crippen molar-refractivity contribution in [3.8, 4) is 5.75 Å². The third-order valence-corrected chi connectivity index (χ3v) is 7.80. The van der Waals surface area contributed by atoms with Gasteiger partial charge in [0.15, 0.2) is 5.84 Å². The summed E-state index contributed by atoms with van der Waals surface area (Å²) in [6.45, 7) is 4.35. The molecule has 0 atom stereocenters. The lowest BCUT2D eigenvalue weighted by Gasteiger charge is -2.30. The summed E-state index contributed by atoms with van der Waals surface area (Å²) in [5.74, 6) is -0.540. The van der Waals surface area contributed by atoms with Gasteiger partial charge in [-0.05, 0) is 75.1 Å². The number of nitrogens with zero attached hydrogens (tertiary/aromatic N) is 2. The number of nitrogens with one attached hydrogen (secondary N) is 2. The Morgan fingerprint density at radius 1 is 1.21 bits per heavy atom. The van der Waals surface area contributed by atoms with E-state index in [2.05, 4.69) is 10.0 Å². The summed E-state index contributed by atoms with van der Waals surface area (Å²) in [5, 5.41) is 18.2. The first-order valence-electron chi connectivity index (χ1n) is 12.4. The number of hydrogen-bond donors (Lipinski definition) is 4. The zero-order chi connectivity index (χ0) is 27.4. The largest absolute Gasteiger partial charge is 0.493 e. The van der Waals surface area contributed by atoms with Gasteiger partial charge in [0.1, 0.15) is 11.4 Å². The van der Waals surface area contributed by atoms with E-state index in [9.17, 15) is 18.0 Å². The number of allylic oxidation sites excluding steroid dienone is 1. The molecular formula is C26H31N5O6S. The van der Waals surface area contributed by atoms with E-state index in [0.717, 1.165) is 25.7 Å². The predicted molar refractivity (Wildman–Crippen MR) is 142 cm³/mol. The van der Waals surface area contributed by atoms with Gasteiger partial charge in [0.05, 0.1) is 22.6 Å². The fraction of sp³-hybridized carbons (Fsp3) is 0.346. The Labute approximate surface area is 221 Å². The molecule has 1 fully saturated rings. The molecule has 1 heterocycles. The van der Waals surface area contributed by atoms with Gasteiger partial charge in [0, 0.05) is 17.9 Å². The van der Waals surface area contributed by atoms with E-state index < -0.39 is 21.9 Å². The highest BCUT2D eigenvalue weighted by molar-refractivity contribution is 7.92. The van der Waals surface area contributed by atoms with Crippen LogP contribution in [0, 0.1) is 5.92 Å². The molecule has 0 radical (unpaired) electrons. The van der Waals surface area contributed by atoms with E-state index in [0.29, 0.717) is 41.8 Å². The summed E-state index contributed by atoms with van der Waals surface area (Å²) in [7, 11) is -4.03. The van der Waals surface area contributed by atoms with E-state index in [-0.39, 0.29) is 22.0 Å². The van der Waals surface area contributed by atoms with Crippen LogP contribution in [0.1, 0.15) is 55.5 Å². The van der Waals surface area contributed by atoms with Gasteiger partial charge < -0.3 is 20.9 Å². The molecule has 0 spiro atoms. The second-order valence-electron chi connectivity index (χ2n) is 9.25. The number of benzene rings is 2. The number of amidine groups is 1. The first kappa shape index (κ1) is 27.0. The van der Waals surface area contributed by atoms with Crippen LogP contribution >= 0.6 is 0 Å². The van der Waals surface area contributed by atoms with E-state index >= 15 is 0 Å². The number of hydrogen-bond acceptors (Lipinski definition) is 8. The van der Waals surface area contributed by atoms with Crippen molar-refractivity contribution >= 4 is 33.4 Å². The van der Waals surface area contributed by atoms with E-state index in [1.807, 2.05) is 6.92 Å². The normalized spacial score (nSPS) is 17.6. The molecule has 11 nitrogen and oxygen atoms in total. The summed E-state index contributed by atoms with van der Waals surface area (Å²) in [6, 6.07) is 9.54. The second-order valence-corrected chi connectivity index (χ2v) is 10.9. The number of carbonyl (C=O) groups excluding carboxylic acids is 1. The fourth-order valence-corrected chi connectivity index (χ4v) is 5.65. The smallest absolute Gasteiger partial charge is 0.335 e. The van der Waals surface area contributed by atoms with Crippen LogP contribution in [0.4, 0.5) is 5.69 Å². The van der Waals surface area contributed by atoms with Crippen LogP contribution in [-0.4, -0.2) is 49.4 Å². The quantitative estimate of drug-likeness (QED) is 0.352. The first-order valence-corrected chi connectivity index (χ1v) is 13.8. The highest BCUT2D eigenvalue weighted by atomic mass is 32.2. The van der Waals surface area contributed by atoms with Crippen molar-refractivity contribution in [2.24, 2.45) is 16.8 Å². The molecule has 0 bridgehead atoms. The van der Waals surface area contributed by atoms with Gasteiger partial charge in [-0.1, -0.05) is 12.8 Å². The number of aromatic carboxylic acids is 1. The van der Waals surface area contributed by atoms with Gasteiger partial charge in [0.25, 0.3) is 15.9 Å². The maximum Gasteiger partial charge on any atom is 0.335 e. The van der Waals surface area contributed by atoms with Crippen LogP contribution in [0.2, 0.25) is 0 Å². The van der Waals surface area contributed by atoms with Crippen LogP contribution < -0.4 is 20.5 Å². The molecule has 1 aliphatic heterocycles. The highest BCUT2D eigenvalue weighted by Crippen LogP contribution is 2.30. The summed E-state index contributed by atoms with van der Waals surface area (Å²) in [5.41, 5.74) is 7.25. The van der Waals surface area contributed by atoms with Gasteiger partial charge in [-0.25, -0.2) is 13.2 Å². The summed E-state index contributed by atoms with van der Waals surface area (Å²) < 4.78 is 34.2. The van der Waals surface area contributed by atoms with Crippen LogP contribution in [0.15, 0.2) is 63.9 Å². The molecule has 38 heavy (non-hydrogen) atoms. The number of anilines is 1. The third kappa shape index (κ3) is 5.91. The van der Waals surface area contributed by atoms with Crippen molar-refractivity contribution in [1.29, 1.82) is 0 Å². The number of carboxylic acids is 1. The Kier molecular flexibility index (Phi) is 7.91. The van der Waals surface area contributed by atoms with Crippen molar-refractivity contribution in [3.63, 3.8) is 0 Å². The van der Waals surface area contributed by atoms with Crippen molar-refractivity contribution < 1.29 is 27.9 Å². The fourth-order valence-electron chi connectivity index (χ4n) is 4.60. The predicted octanol–water partition coefficient (Wildman–Crippen LogP) is 3.06. The molecule has 1 saturated carbocycles. The molecular weight excluding hydrogens is 510 g/mol. The number of hydrazone groups is 1. The lowest BCUT2D eigenvalue weighted by atomic mass is 10.1. The number of ether oxygens (including phenoxy) is 1. The highest BCUT2D eigenvalue weighted by Gasteiger charge is 2.31. The summed E-state index contributed by atoms with van der Waals surface area (Å²) >= 11 is 0. The maximum absolute atomic E-state index is 13.1. The SMILES string of the molecule is CCOc1ccc(NS(=O)(=O)c2ccc(C(=O)O)cc2)cc1C1=NN(CC2CCCC2)/C(=C(/C)N)C(=O)N1. The number of carbonyl (C=O) groups is 2. The second kappa shape index (κ2) is 11.1. The minimum absolute atomic E-state index is 0.0263. The van der Waals surface area contributed by atoms with Gasteiger partial charge in [-0.3, -0.25) is 14.5 Å². The standard InChI is InChI=1S/C26H31N5O6S/c1-3-37-22-13-10-19(30-38(35,36)20-11-8-18(9-12-20)26(33)34)14-21(22)24-28-25(32)23(16(2)27)31(29-24)15-17-6-4-5-7-17/h8-14,17,30H,3-7,15,27H2,1-2H3,(H,33,34)(H,28,29,32)/b23-16-. The zero-order valence-electron chi connectivity index (χ0n) is 21.2. The number of sulfonamides is 1. The summed E-state index contributed by atoms with van der Waals surface area (Å²) in [6.07, 6.45) is 4.37. The van der Waals surface area contributed by atoms with Crippen LogP contribution in [0.5, 0.6) is 5.75 Å². The van der Waals surface area contributed by atoms with Crippen molar-refractivity contribution in [2.45, 2.75) is 44.4 Å². The summed E-state index contributed by atoms with van der Waals surface area (Å²) in [4.78, 5) is 24.1. The average Bonchev–Trinajstić information content (AvgIpc) is 3.37. The lowest BCUT2D eigenvalue weighted by Crippen LogP contribution is -2.45. The molecule has 2 aromatic rings. The van der Waals surface area contributed by atoms with Gasteiger partial charge in [0.2, 0.25) is 0 Å². The van der Waals surface area contributed by atoms with Crippen LogP contribution in [0.3, 0.4) is 0 Å². The topological polar surface area (TPSA) is 163 Å². The molecule has 2 aromatic carbocycles. The molecule has 1 amide bonds. The Hall–Kier alpha value is -4.06. The molecule has 0 unspecified atom stereocenters.